The summed E-state index contributed by atoms with van der Waals surface area (Å²) in [6, 6.07) is 0.780. The number of hydrogen-bond acceptors (Lipinski definition) is 3. The third-order valence-corrected chi connectivity index (χ3v) is 4.11. The van der Waals surface area contributed by atoms with Crippen molar-refractivity contribution in [1.82, 2.24) is 10.2 Å². The first-order valence-electron chi connectivity index (χ1n) is 7.44. The third kappa shape index (κ3) is 5.68. The first-order valence-corrected chi connectivity index (χ1v) is 7.44. The van der Waals surface area contributed by atoms with Gasteiger partial charge in [0.25, 0.3) is 0 Å². The normalized spacial score (nSPS) is 17.5. The molecule has 0 aliphatic heterocycles. The van der Waals surface area contributed by atoms with E-state index >= 15 is 0 Å². The molecule has 0 atom stereocenters. The molecule has 0 bridgehead atoms. The second kappa shape index (κ2) is 6.36. The highest BCUT2D eigenvalue weighted by Gasteiger charge is 2.31. The van der Waals surface area contributed by atoms with Crippen LogP contribution in [-0.2, 0) is 0 Å². The van der Waals surface area contributed by atoms with E-state index < -0.39 is 5.60 Å². The number of nitrogens with zero attached hydrogens (tertiary/aromatic N) is 1. The third-order valence-electron chi connectivity index (χ3n) is 4.11. The highest BCUT2D eigenvalue weighted by Crippen LogP contribution is 2.29. The van der Waals surface area contributed by atoms with Gasteiger partial charge in [-0.15, -0.1) is 0 Å². The molecule has 0 unspecified atom stereocenters. The van der Waals surface area contributed by atoms with E-state index in [1.54, 1.807) is 0 Å². The summed E-state index contributed by atoms with van der Waals surface area (Å²) in [5, 5.41) is 13.6. The molecule has 0 aromatic carbocycles. The second-order valence-electron chi connectivity index (χ2n) is 6.85. The number of aliphatic hydroxyl groups is 1. The summed E-state index contributed by atoms with van der Waals surface area (Å²) in [5.41, 5.74) is -0.255. The Balaban J connectivity index is 2.48. The van der Waals surface area contributed by atoms with Gasteiger partial charge in [-0.3, -0.25) is 0 Å². The van der Waals surface area contributed by atoms with Gasteiger partial charge in [-0.2, -0.15) is 0 Å². The number of nitrogens with one attached hydrogen (secondary N) is 1. The van der Waals surface area contributed by atoms with Crippen molar-refractivity contribution in [2.45, 2.75) is 65.0 Å². The molecule has 1 rings (SSSR count). The first-order chi connectivity index (χ1) is 8.30. The summed E-state index contributed by atoms with van der Waals surface area (Å²) in [5.74, 6) is 0. The maximum atomic E-state index is 9.90. The van der Waals surface area contributed by atoms with E-state index in [-0.39, 0.29) is 0 Å². The molecule has 108 valence electrons. The van der Waals surface area contributed by atoms with E-state index in [9.17, 15) is 5.11 Å². The summed E-state index contributed by atoms with van der Waals surface area (Å²) in [6.07, 6.45) is 5.09. The van der Waals surface area contributed by atoms with Gasteiger partial charge in [-0.05, 0) is 52.0 Å². The van der Waals surface area contributed by atoms with Crippen LogP contribution in [0.4, 0.5) is 0 Å². The van der Waals surface area contributed by atoms with Gasteiger partial charge in [0.1, 0.15) is 0 Å². The van der Waals surface area contributed by atoms with E-state index in [4.69, 9.17) is 0 Å². The molecule has 1 aliphatic carbocycles. The van der Waals surface area contributed by atoms with E-state index in [2.05, 4.69) is 31.1 Å². The van der Waals surface area contributed by atoms with E-state index in [1.807, 2.05) is 13.8 Å². The van der Waals surface area contributed by atoms with Crippen molar-refractivity contribution in [2.75, 3.05) is 26.7 Å². The highest BCUT2D eigenvalue weighted by molar-refractivity contribution is 4.88. The largest absolute Gasteiger partial charge is 0.389 e. The molecule has 0 saturated heterocycles. The van der Waals surface area contributed by atoms with Crippen molar-refractivity contribution in [3.8, 4) is 0 Å². The Morgan fingerprint density at radius 1 is 1.17 bits per heavy atom. The van der Waals surface area contributed by atoms with Crippen LogP contribution in [-0.4, -0.2) is 48.3 Å². The van der Waals surface area contributed by atoms with Crippen molar-refractivity contribution in [3.05, 3.63) is 0 Å². The SMILES string of the molecule is CCC(CC)(CNC1CC1)CN(C)CC(C)(C)O. The smallest absolute Gasteiger partial charge is 0.0718 e. The maximum absolute atomic E-state index is 9.90. The summed E-state index contributed by atoms with van der Waals surface area (Å²) in [4.78, 5) is 2.28. The Bertz CT molecular complexity index is 239. The van der Waals surface area contributed by atoms with Crippen molar-refractivity contribution in [2.24, 2.45) is 5.41 Å². The molecule has 18 heavy (non-hydrogen) atoms. The van der Waals surface area contributed by atoms with Crippen LogP contribution in [0.3, 0.4) is 0 Å². The zero-order valence-electron chi connectivity index (χ0n) is 12.9. The number of hydrogen-bond donors (Lipinski definition) is 2. The van der Waals surface area contributed by atoms with Crippen LogP contribution in [0, 0.1) is 5.41 Å². The Morgan fingerprint density at radius 2 is 1.72 bits per heavy atom. The number of likely N-dealkylation sites (N-methyl/N-ethyl adjacent to an activating group) is 1. The molecule has 0 aromatic rings. The van der Waals surface area contributed by atoms with Crippen LogP contribution >= 0.6 is 0 Å². The molecule has 0 aromatic heterocycles. The fourth-order valence-corrected chi connectivity index (χ4v) is 2.72. The van der Waals surface area contributed by atoms with Gasteiger partial charge < -0.3 is 15.3 Å². The Kier molecular flexibility index (Phi) is 5.63. The summed E-state index contributed by atoms with van der Waals surface area (Å²) in [7, 11) is 2.12. The average molecular weight is 256 g/mol. The van der Waals surface area contributed by atoms with E-state index in [0.29, 0.717) is 5.41 Å². The van der Waals surface area contributed by atoms with Crippen molar-refractivity contribution < 1.29 is 5.11 Å². The van der Waals surface area contributed by atoms with Crippen LogP contribution in [0.15, 0.2) is 0 Å². The molecule has 3 nitrogen and oxygen atoms in total. The molecule has 1 aliphatic rings. The fourth-order valence-electron chi connectivity index (χ4n) is 2.72. The summed E-state index contributed by atoms with van der Waals surface area (Å²) < 4.78 is 0. The fraction of sp³-hybridized carbons (Fsp3) is 1.00. The molecule has 0 radical (unpaired) electrons. The lowest BCUT2D eigenvalue weighted by Crippen LogP contribution is -2.46. The zero-order chi connectivity index (χ0) is 13.8. The van der Waals surface area contributed by atoms with E-state index in [0.717, 1.165) is 25.7 Å². The molecule has 3 heteroatoms. The number of rotatable bonds is 9. The van der Waals surface area contributed by atoms with Crippen molar-refractivity contribution in [1.29, 1.82) is 0 Å². The lowest BCUT2D eigenvalue weighted by Gasteiger charge is -2.38. The second-order valence-corrected chi connectivity index (χ2v) is 6.85. The molecule has 1 saturated carbocycles. The molecule has 2 N–H and O–H groups in total. The lowest BCUT2D eigenvalue weighted by atomic mass is 9.81. The molecule has 0 heterocycles. The Labute approximate surface area is 113 Å². The van der Waals surface area contributed by atoms with Crippen molar-refractivity contribution >= 4 is 0 Å². The van der Waals surface area contributed by atoms with E-state index in [1.165, 1.54) is 25.7 Å². The van der Waals surface area contributed by atoms with Crippen LogP contribution in [0.1, 0.15) is 53.4 Å². The van der Waals surface area contributed by atoms with Gasteiger partial charge in [0.2, 0.25) is 0 Å². The monoisotopic (exact) mass is 256 g/mol. The first kappa shape index (κ1) is 15.9. The van der Waals surface area contributed by atoms with Crippen LogP contribution in [0.5, 0.6) is 0 Å². The topological polar surface area (TPSA) is 35.5 Å². The van der Waals surface area contributed by atoms with Gasteiger partial charge in [0, 0.05) is 25.7 Å². The van der Waals surface area contributed by atoms with Gasteiger partial charge >= 0.3 is 0 Å². The molecule has 0 amide bonds. The van der Waals surface area contributed by atoms with Crippen molar-refractivity contribution in [3.63, 3.8) is 0 Å². The predicted molar refractivity (Wildman–Crippen MR) is 77.8 cm³/mol. The molecule has 1 fully saturated rings. The van der Waals surface area contributed by atoms with Crippen LogP contribution < -0.4 is 5.32 Å². The van der Waals surface area contributed by atoms with Crippen LogP contribution in [0.2, 0.25) is 0 Å². The minimum absolute atomic E-state index is 0.350. The van der Waals surface area contributed by atoms with Gasteiger partial charge in [-0.25, -0.2) is 0 Å². The standard InChI is InChI=1S/C15H32N2O/c1-6-15(7-2,10-16-13-8-9-13)12-17(5)11-14(3,4)18/h13,16,18H,6-12H2,1-5H3. The minimum atomic E-state index is -0.605. The lowest BCUT2D eigenvalue weighted by molar-refractivity contribution is 0.0283. The Hall–Kier alpha value is -0.120. The summed E-state index contributed by atoms with van der Waals surface area (Å²) >= 11 is 0. The maximum Gasteiger partial charge on any atom is 0.0718 e. The average Bonchev–Trinajstić information content (AvgIpc) is 3.05. The minimum Gasteiger partial charge on any atom is -0.389 e. The quantitative estimate of drug-likeness (QED) is 0.664. The van der Waals surface area contributed by atoms with Gasteiger partial charge in [-0.1, -0.05) is 13.8 Å². The molecule has 0 spiro atoms. The van der Waals surface area contributed by atoms with Crippen LogP contribution in [0.25, 0.3) is 0 Å². The summed E-state index contributed by atoms with van der Waals surface area (Å²) in [6.45, 7) is 11.2. The molecular formula is C15H32N2O. The highest BCUT2D eigenvalue weighted by atomic mass is 16.3. The predicted octanol–water partition coefficient (Wildman–Crippen LogP) is 2.25. The van der Waals surface area contributed by atoms with Gasteiger partial charge in [0.05, 0.1) is 5.60 Å². The Morgan fingerprint density at radius 3 is 2.11 bits per heavy atom. The van der Waals surface area contributed by atoms with Gasteiger partial charge in [0.15, 0.2) is 0 Å². The molecular weight excluding hydrogens is 224 g/mol. The zero-order valence-corrected chi connectivity index (χ0v) is 12.9.